The first kappa shape index (κ1) is 23.3. The number of carboxylic acids is 1. The van der Waals surface area contributed by atoms with Gasteiger partial charge in [-0.05, 0) is 42.0 Å². The number of carbonyl (C=O) groups excluding carboxylic acids is 3. The van der Waals surface area contributed by atoms with Gasteiger partial charge < -0.3 is 19.5 Å². The maximum atomic E-state index is 13.0. The summed E-state index contributed by atoms with van der Waals surface area (Å²) in [6, 6.07) is 13.0. The number of benzene rings is 2. The number of nitrogens with zero attached hydrogens (tertiary/aromatic N) is 1. The van der Waals surface area contributed by atoms with E-state index in [1.54, 1.807) is 6.92 Å². The number of ether oxygens (including phenoxy) is 2. The molecule has 9 heteroatoms. The highest BCUT2D eigenvalue weighted by Crippen LogP contribution is 2.44. The molecule has 1 saturated heterocycles. The monoisotopic (exact) mass is 466 g/mol. The maximum absolute atomic E-state index is 13.0. The molecule has 1 aliphatic carbocycles. The van der Waals surface area contributed by atoms with Crippen LogP contribution in [0.5, 0.6) is 0 Å². The number of nitrogens with one attached hydrogen (secondary N) is 1. The molecule has 2 aromatic carbocycles. The molecule has 0 aromatic heterocycles. The van der Waals surface area contributed by atoms with Crippen molar-refractivity contribution in [3.63, 3.8) is 0 Å². The van der Waals surface area contributed by atoms with Gasteiger partial charge in [0.05, 0.1) is 6.61 Å². The predicted octanol–water partition coefficient (Wildman–Crippen LogP) is 2.53. The van der Waals surface area contributed by atoms with E-state index >= 15 is 0 Å². The summed E-state index contributed by atoms with van der Waals surface area (Å²) in [5.41, 5.74) is 4.19. The van der Waals surface area contributed by atoms with Crippen molar-refractivity contribution < 1.29 is 33.8 Å². The standard InChI is InChI=1S/C25H26N2O7/c1-2-33-24(31)21(22(28)27-13-7-12-20(27)23(29)30)26-25(32)34-14-19-17-10-5-3-8-15(17)16-9-4-6-11-18(16)19/h3-6,8-11,19-21H,2,7,12-14H2,1H3,(H,26,32)(H,29,30)/t20-,21?/m0/s1. The van der Waals surface area contributed by atoms with Gasteiger partial charge in [0, 0.05) is 12.5 Å². The summed E-state index contributed by atoms with van der Waals surface area (Å²) in [7, 11) is 0. The van der Waals surface area contributed by atoms with E-state index in [1.165, 1.54) is 0 Å². The summed E-state index contributed by atoms with van der Waals surface area (Å²) in [6.07, 6.45) is -0.190. The molecular weight excluding hydrogens is 440 g/mol. The fourth-order valence-electron chi connectivity index (χ4n) is 4.66. The van der Waals surface area contributed by atoms with Crippen LogP contribution < -0.4 is 5.32 Å². The summed E-state index contributed by atoms with van der Waals surface area (Å²) >= 11 is 0. The van der Waals surface area contributed by atoms with Crippen LogP contribution in [0.25, 0.3) is 11.1 Å². The van der Waals surface area contributed by atoms with Gasteiger partial charge in [-0.2, -0.15) is 0 Å². The molecular formula is C25H26N2O7. The Morgan fingerprint density at radius 1 is 1.03 bits per heavy atom. The molecule has 1 unspecified atom stereocenters. The highest BCUT2D eigenvalue weighted by atomic mass is 16.6. The molecule has 2 aromatic rings. The van der Waals surface area contributed by atoms with E-state index in [2.05, 4.69) is 5.32 Å². The fraction of sp³-hybridized carbons (Fsp3) is 0.360. The second-order valence-electron chi connectivity index (χ2n) is 8.18. The van der Waals surface area contributed by atoms with Crippen LogP contribution >= 0.6 is 0 Å². The van der Waals surface area contributed by atoms with Crippen LogP contribution in [-0.4, -0.2) is 65.8 Å². The Morgan fingerprint density at radius 2 is 1.65 bits per heavy atom. The lowest BCUT2D eigenvalue weighted by atomic mass is 9.98. The number of esters is 1. The van der Waals surface area contributed by atoms with Gasteiger partial charge in [-0.25, -0.2) is 14.4 Å². The van der Waals surface area contributed by atoms with E-state index in [4.69, 9.17) is 9.47 Å². The van der Waals surface area contributed by atoms with Gasteiger partial charge in [-0.15, -0.1) is 0 Å². The third kappa shape index (κ3) is 4.46. The van der Waals surface area contributed by atoms with Crippen LogP contribution in [0.3, 0.4) is 0 Å². The summed E-state index contributed by atoms with van der Waals surface area (Å²) in [4.78, 5) is 50.7. The smallest absolute Gasteiger partial charge is 0.408 e. The Hall–Kier alpha value is -3.88. The van der Waals surface area contributed by atoms with Crippen molar-refractivity contribution in [1.29, 1.82) is 0 Å². The molecule has 2 aliphatic rings. The minimum atomic E-state index is -1.68. The van der Waals surface area contributed by atoms with Crippen molar-refractivity contribution in [3.8, 4) is 11.1 Å². The van der Waals surface area contributed by atoms with Crippen LogP contribution in [0.1, 0.15) is 36.8 Å². The Bertz CT molecular complexity index is 1070. The lowest BCUT2D eigenvalue weighted by Gasteiger charge is -2.26. The highest BCUT2D eigenvalue weighted by Gasteiger charge is 2.41. The average molecular weight is 466 g/mol. The van der Waals surface area contributed by atoms with E-state index in [1.807, 2.05) is 48.5 Å². The van der Waals surface area contributed by atoms with Crippen LogP contribution in [0, 0.1) is 0 Å². The van der Waals surface area contributed by atoms with Crippen LogP contribution in [0.2, 0.25) is 0 Å². The van der Waals surface area contributed by atoms with E-state index < -0.39 is 36.0 Å². The molecule has 1 heterocycles. The third-order valence-electron chi connectivity index (χ3n) is 6.20. The van der Waals surface area contributed by atoms with Crippen molar-refractivity contribution in [2.75, 3.05) is 19.8 Å². The molecule has 34 heavy (non-hydrogen) atoms. The van der Waals surface area contributed by atoms with Crippen LogP contribution in [0.15, 0.2) is 48.5 Å². The fourth-order valence-corrected chi connectivity index (χ4v) is 4.66. The molecule has 178 valence electrons. The zero-order valence-electron chi connectivity index (χ0n) is 18.7. The zero-order valence-corrected chi connectivity index (χ0v) is 18.7. The molecule has 2 atom stereocenters. The Morgan fingerprint density at radius 3 is 2.24 bits per heavy atom. The lowest BCUT2D eigenvalue weighted by Crippen LogP contribution is -2.55. The number of alkyl carbamates (subject to hydrolysis) is 1. The van der Waals surface area contributed by atoms with Gasteiger partial charge in [0.2, 0.25) is 6.04 Å². The minimum absolute atomic E-state index is 0.00264. The first-order valence-electron chi connectivity index (χ1n) is 11.2. The van der Waals surface area contributed by atoms with Gasteiger partial charge >= 0.3 is 18.0 Å². The number of carboxylic acid groups (broad SMARTS) is 1. The van der Waals surface area contributed by atoms with E-state index in [0.29, 0.717) is 6.42 Å². The largest absolute Gasteiger partial charge is 0.480 e. The Labute approximate surface area is 196 Å². The van der Waals surface area contributed by atoms with Gasteiger partial charge in [0.15, 0.2) is 0 Å². The molecule has 0 radical (unpaired) electrons. The van der Waals surface area contributed by atoms with Crippen molar-refractivity contribution in [3.05, 3.63) is 59.7 Å². The Balaban J connectivity index is 1.47. The number of hydrogen-bond acceptors (Lipinski definition) is 6. The number of amides is 2. The summed E-state index contributed by atoms with van der Waals surface area (Å²) < 4.78 is 10.4. The molecule has 0 spiro atoms. The normalized spacial score (nSPS) is 17.4. The predicted molar refractivity (Wildman–Crippen MR) is 121 cm³/mol. The van der Waals surface area contributed by atoms with Crippen molar-refractivity contribution >= 4 is 23.9 Å². The minimum Gasteiger partial charge on any atom is -0.480 e. The number of carbonyl (C=O) groups is 4. The van der Waals surface area contributed by atoms with Gasteiger partial charge in [0.1, 0.15) is 12.6 Å². The van der Waals surface area contributed by atoms with Gasteiger partial charge in [0.25, 0.3) is 5.91 Å². The van der Waals surface area contributed by atoms with Crippen LogP contribution in [-0.2, 0) is 23.9 Å². The van der Waals surface area contributed by atoms with Crippen molar-refractivity contribution in [1.82, 2.24) is 10.2 Å². The van der Waals surface area contributed by atoms with Gasteiger partial charge in [-0.3, -0.25) is 10.1 Å². The number of fused-ring (bicyclic) bond motifs is 3. The molecule has 2 amide bonds. The molecule has 2 N–H and O–H groups in total. The van der Waals surface area contributed by atoms with E-state index in [9.17, 15) is 24.3 Å². The van der Waals surface area contributed by atoms with E-state index in [0.717, 1.165) is 27.2 Å². The molecule has 9 nitrogen and oxygen atoms in total. The highest BCUT2D eigenvalue weighted by molar-refractivity contribution is 6.05. The first-order valence-corrected chi connectivity index (χ1v) is 11.2. The summed E-state index contributed by atoms with van der Waals surface area (Å²) in [5.74, 6) is -3.13. The van der Waals surface area contributed by atoms with Crippen LogP contribution in [0.4, 0.5) is 4.79 Å². The molecule has 0 saturated carbocycles. The number of hydrogen-bond donors (Lipinski definition) is 2. The van der Waals surface area contributed by atoms with E-state index in [-0.39, 0.29) is 32.1 Å². The number of likely N-dealkylation sites (tertiary alicyclic amines) is 1. The third-order valence-corrected chi connectivity index (χ3v) is 6.20. The number of rotatable bonds is 7. The first-order chi connectivity index (χ1) is 16.4. The topological polar surface area (TPSA) is 122 Å². The Kier molecular flexibility index (Phi) is 6.81. The lowest BCUT2D eigenvalue weighted by molar-refractivity contribution is -0.156. The zero-order chi connectivity index (χ0) is 24.2. The maximum Gasteiger partial charge on any atom is 0.408 e. The SMILES string of the molecule is CCOC(=O)C(NC(=O)OCC1c2ccccc2-c2ccccc21)C(=O)N1CCC[C@H]1C(=O)O. The molecule has 1 aliphatic heterocycles. The number of aliphatic carboxylic acids is 1. The quantitative estimate of drug-likeness (QED) is 0.475. The second kappa shape index (κ2) is 9.94. The van der Waals surface area contributed by atoms with Crippen molar-refractivity contribution in [2.24, 2.45) is 0 Å². The molecule has 1 fully saturated rings. The average Bonchev–Trinajstić information content (AvgIpc) is 3.44. The summed E-state index contributed by atoms with van der Waals surface area (Å²) in [6.45, 7) is 1.75. The summed E-state index contributed by atoms with van der Waals surface area (Å²) in [5, 5.41) is 11.7. The molecule has 4 rings (SSSR count). The molecule has 0 bridgehead atoms. The second-order valence-corrected chi connectivity index (χ2v) is 8.18. The van der Waals surface area contributed by atoms with Crippen molar-refractivity contribution in [2.45, 2.75) is 37.8 Å². The van der Waals surface area contributed by atoms with Gasteiger partial charge in [-0.1, -0.05) is 48.5 Å².